The molecule has 0 saturated carbocycles. The summed E-state index contributed by atoms with van der Waals surface area (Å²) in [7, 11) is 3.19. The Bertz CT molecular complexity index is 731. The third kappa shape index (κ3) is 2.32. The topological polar surface area (TPSA) is 61.2 Å². The van der Waals surface area contributed by atoms with Crippen LogP contribution in [0, 0.1) is 0 Å². The Hall–Kier alpha value is -1.85. The van der Waals surface area contributed by atoms with Crippen LogP contribution in [0.4, 0.5) is 0 Å². The number of methoxy groups -OCH3 is 2. The summed E-state index contributed by atoms with van der Waals surface area (Å²) in [6, 6.07) is 6.83. The van der Waals surface area contributed by atoms with E-state index >= 15 is 0 Å². The first kappa shape index (κ1) is 14.1. The van der Waals surface area contributed by atoms with Crippen molar-refractivity contribution in [2.45, 2.75) is 31.7 Å². The van der Waals surface area contributed by atoms with E-state index in [1.165, 1.54) is 6.07 Å². The second-order valence-corrected chi connectivity index (χ2v) is 5.65. The Balaban J connectivity index is 2.23. The van der Waals surface area contributed by atoms with Gasteiger partial charge in [0.25, 0.3) is 0 Å². The lowest BCUT2D eigenvalue weighted by molar-refractivity contribution is 0.0743. The van der Waals surface area contributed by atoms with Gasteiger partial charge in [0.1, 0.15) is 23.5 Å². The predicted molar refractivity (Wildman–Crippen MR) is 77.7 cm³/mol. The minimum atomic E-state index is -0.400. The molecule has 3 rings (SSSR count). The summed E-state index contributed by atoms with van der Waals surface area (Å²) < 4.78 is 22.1. The van der Waals surface area contributed by atoms with E-state index in [9.17, 15) is 4.79 Å². The zero-order chi connectivity index (χ0) is 15.2. The second kappa shape index (κ2) is 4.86. The molecule has 2 atom stereocenters. The van der Waals surface area contributed by atoms with E-state index in [0.717, 1.165) is 5.39 Å². The summed E-state index contributed by atoms with van der Waals surface area (Å²) in [5.41, 5.74) is 0.539. The largest absolute Gasteiger partial charge is 0.496 e. The Kier molecular flexibility index (Phi) is 3.26. The summed E-state index contributed by atoms with van der Waals surface area (Å²) in [6.45, 7) is 3.99. The van der Waals surface area contributed by atoms with Gasteiger partial charge in [0.2, 0.25) is 0 Å². The van der Waals surface area contributed by atoms with Crippen LogP contribution in [-0.2, 0) is 9.47 Å². The molecule has 5 nitrogen and oxygen atoms in total. The van der Waals surface area contributed by atoms with Crippen LogP contribution in [0.15, 0.2) is 33.5 Å². The first-order valence-electron chi connectivity index (χ1n) is 6.79. The fraction of sp³-hybridized carbons (Fsp3) is 0.438. The van der Waals surface area contributed by atoms with Crippen LogP contribution < -0.4 is 10.4 Å². The Morgan fingerprint density at radius 1 is 1.19 bits per heavy atom. The van der Waals surface area contributed by atoms with E-state index in [2.05, 4.69) is 0 Å². The van der Waals surface area contributed by atoms with Gasteiger partial charge >= 0.3 is 5.63 Å². The van der Waals surface area contributed by atoms with Gasteiger partial charge in [-0.1, -0.05) is 0 Å². The van der Waals surface area contributed by atoms with Gasteiger partial charge < -0.3 is 18.6 Å². The van der Waals surface area contributed by atoms with Crippen molar-refractivity contribution in [3.05, 3.63) is 40.2 Å². The maximum absolute atomic E-state index is 11.6. The zero-order valence-corrected chi connectivity index (χ0v) is 12.5. The van der Waals surface area contributed by atoms with Crippen LogP contribution in [0.5, 0.6) is 5.75 Å². The molecule has 0 bridgehead atoms. The summed E-state index contributed by atoms with van der Waals surface area (Å²) in [4.78, 5) is 11.6. The SMILES string of the molecule is COc1ccc2ccc(=O)oc2c1C(OC)C1OC1(C)C. The van der Waals surface area contributed by atoms with Crippen LogP contribution in [0.2, 0.25) is 0 Å². The highest BCUT2D eigenvalue weighted by atomic mass is 16.6. The molecular formula is C16H18O5. The molecule has 1 fully saturated rings. The maximum Gasteiger partial charge on any atom is 0.336 e. The number of ether oxygens (including phenoxy) is 3. The van der Waals surface area contributed by atoms with E-state index < -0.39 is 5.63 Å². The van der Waals surface area contributed by atoms with Crippen molar-refractivity contribution in [2.75, 3.05) is 14.2 Å². The van der Waals surface area contributed by atoms with E-state index in [1.54, 1.807) is 20.3 Å². The van der Waals surface area contributed by atoms with Gasteiger partial charge in [-0.05, 0) is 32.0 Å². The van der Waals surface area contributed by atoms with Crippen LogP contribution in [0.1, 0.15) is 25.5 Å². The molecule has 1 aliphatic heterocycles. The normalized spacial score (nSPS) is 21.2. The number of benzene rings is 1. The second-order valence-electron chi connectivity index (χ2n) is 5.65. The van der Waals surface area contributed by atoms with E-state index in [-0.39, 0.29) is 17.8 Å². The summed E-state index contributed by atoms with van der Waals surface area (Å²) in [5.74, 6) is 0.620. The van der Waals surface area contributed by atoms with E-state index in [1.807, 2.05) is 26.0 Å². The number of epoxide rings is 1. The van der Waals surface area contributed by atoms with Gasteiger partial charge in [0.15, 0.2) is 0 Å². The van der Waals surface area contributed by atoms with Crippen LogP contribution in [-0.4, -0.2) is 25.9 Å². The lowest BCUT2D eigenvalue weighted by Gasteiger charge is -2.18. The minimum absolute atomic E-state index is 0.104. The third-order valence-corrected chi connectivity index (χ3v) is 3.88. The van der Waals surface area contributed by atoms with Gasteiger partial charge in [0, 0.05) is 18.6 Å². The van der Waals surface area contributed by atoms with Crippen molar-refractivity contribution >= 4 is 11.0 Å². The first-order chi connectivity index (χ1) is 9.97. The fourth-order valence-electron chi connectivity index (χ4n) is 2.70. The Morgan fingerprint density at radius 2 is 1.86 bits per heavy atom. The Morgan fingerprint density at radius 3 is 2.43 bits per heavy atom. The standard InChI is InChI=1S/C16H18O5/c1-16(2)15(21-16)14(19-4)12-10(18-3)7-5-9-6-8-11(17)20-13(9)12/h5-8,14-15H,1-4H3. The van der Waals surface area contributed by atoms with Crippen molar-refractivity contribution in [3.8, 4) is 5.75 Å². The van der Waals surface area contributed by atoms with Crippen molar-refractivity contribution < 1.29 is 18.6 Å². The van der Waals surface area contributed by atoms with Crippen LogP contribution in [0.3, 0.4) is 0 Å². The van der Waals surface area contributed by atoms with Gasteiger partial charge in [0.05, 0.1) is 18.3 Å². The van der Waals surface area contributed by atoms with Crippen molar-refractivity contribution in [1.82, 2.24) is 0 Å². The Labute approximate surface area is 122 Å². The summed E-state index contributed by atoms with van der Waals surface area (Å²) in [6.07, 6.45) is -0.461. The predicted octanol–water partition coefficient (Wildman–Crippen LogP) is 2.67. The highest BCUT2D eigenvalue weighted by Gasteiger charge is 2.54. The first-order valence-corrected chi connectivity index (χ1v) is 6.79. The molecule has 5 heteroatoms. The molecule has 1 aliphatic rings. The highest BCUT2D eigenvalue weighted by molar-refractivity contribution is 5.82. The fourth-order valence-corrected chi connectivity index (χ4v) is 2.70. The molecule has 0 N–H and O–H groups in total. The number of rotatable bonds is 4. The van der Waals surface area contributed by atoms with Gasteiger partial charge in [-0.2, -0.15) is 0 Å². The van der Waals surface area contributed by atoms with Crippen LogP contribution in [0.25, 0.3) is 11.0 Å². The summed E-state index contributed by atoms with van der Waals surface area (Å²) in [5, 5.41) is 0.825. The lowest BCUT2D eigenvalue weighted by atomic mass is 9.97. The zero-order valence-electron chi connectivity index (χ0n) is 12.5. The molecular weight excluding hydrogens is 272 g/mol. The molecule has 2 heterocycles. The molecule has 112 valence electrons. The average molecular weight is 290 g/mol. The molecule has 1 aromatic heterocycles. The van der Waals surface area contributed by atoms with Crippen molar-refractivity contribution in [2.24, 2.45) is 0 Å². The molecule has 2 unspecified atom stereocenters. The van der Waals surface area contributed by atoms with E-state index in [4.69, 9.17) is 18.6 Å². The lowest BCUT2D eigenvalue weighted by Crippen LogP contribution is -2.17. The number of hydrogen-bond donors (Lipinski definition) is 0. The quantitative estimate of drug-likeness (QED) is 0.640. The molecule has 0 aliphatic carbocycles. The third-order valence-electron chi connectivity index (χ3n) is 3.88. The summed E-state index contributed by atoms with van der Waals surface area (Å²) >= 11 is 0. The van der Waals surface area contributed by atoms with Gasteiger partial charge in [-0.15, -0.1) is 0 Å². The van der Waals surface area contributed by atoms with Crippen molar-refractivity contribution in [3.63, 3.8) is 0 Å². The van der Waals surface area contributed by atoms with Crippen molar-refractivity contribution in [1.29, 1.82) is 0 Å². The molecule has 1 aromatic carbocycles. The molecule has 0 amide bonds. The monoisotopic (exact) mass is 290 g/mol. The number of hydrogen-bond acceptors (Lipinski definition) is 5. The molecule has 2 aromatic rings. The van der Waals surface area contributed by atoms with Gasteiger partial charge in [-0.25, -0.2) is 4.79 Å². The van der Waals surface area contributed by atoms with E-state index in [0.29, 0.717) is 16.9 Å². The molecule has 1 saturated heterocycles. The van der Waals surface area contributed by atoms with Crippen LogP contribution >= 0.6 is 0 Å². The average Bonchev–Trinajstić information content (AvgIpc) is 3.08. The molecule has 21 heavy (non-hydrogen) atoms. The van der Waals surface area contributed by atoms with Gasteiger partial charge in [-0.3, -0.25) is 0 Å². The number of fused-ring (bicyclic) bond motifs is 1. The highest BCUT2D eigenvalue weighted by Crippen LogP contribution is 2.48. The molecule has 0 spiro atoms. The smallest absolute Gasteiger partial charge is 0.336 e. The maximum atomic E-state index is 11.6. The minimum Gasteiger partial charge on any atom is -0.496 e. The molecule has 0 radical (unpaired) electrons.